The van der Waals surface area contributed by atoms with Gasteiger partial charge in [0.2, 0.25) is 11.8 Å². The van der Waals surface area contributed by atoms with Crippen molar-refractivity contribution in [2.24, 2.45) is 5.73 Å². The van der Waals surface area contributed by atoms with Gasteiger partial charge in [-0.25, -0.2) is 0 Å². The zero-order valence-electron chi connectivity index (χ0n) is 18.6. The third kappa shape index (κ3) is 5.99. The number of aryl methyl sites for hydroxylation is 1. The van der Waals surface area contributed by atoms with E-state index in [0.29, 0.717) is 36.4 Å². The third-order valence-electron chi connectivity index (χ3n) is 5.91. The fourth-order valence-corrected chi connectivity index (χ4v) is 4.19. The van der Waals surface area contributed by atoms with Gasteiger partial charge in [0.15, 0.2) is 0 Å². The number of hydrogen-bond acceptors (Lipinski definition) is 4. The molecule has 3 aromatic carbocycles. The summed E-state index contributed by atoms with van der Waals surface area (Å²) in [6.45, 7) is 2.33. The highest BCUT2D eigenvalue weighted by Crippen LogP contribution is 2.27. The highest BCUT2D eigenvalue weighted by Gasteiger charge is 2.26. The Bertz CT molecular complexity index is 1100. The molecule has 0 aliphatic carbocycles. The zero-order chi connectivity index (χ0) is 23.0. The number of carbonyl (C=O) groups excluding carboxylic acids is 2. The van der Waals surface area contributed by atoms with E-state index in [0.717, 1.165) is 25.1 Å². The molecule has 3 aromatic rings. The lowest BCUT2D eigenvalue weighted by atomic mass is 10.0. The number of para-hydroxylation sites is 1. The number of rotatable bonds is 8. The second-order valence-electron chi connectivity index (χ2n) is 8.24. The molecule has 33 heavy (non-hydrogen) atoms. The number of nitrogens with zero attached hydrogens (tertiary/aromatic N) is 1. The van der Waals surface area contributed by atoms with Crippen LogP contribution in [0.4, 0.5) is 0 Å². The van der Waals surface area contributed by atoms with Gasteiger partial charge in [0.1, 0.15) is 11.5 Å². The maximum Gasteiger partial charge on any atom is 0.248 e. The van der Waals surface area contributed by atoms with Crippen LogP contribution in [0.25, 0.3) is 0 Å². The molecule has 170 valence electrons. The van der Waals surface area contributed by atoms with Crippen LogP contribution in [0.2, 0.25) is 0 Å². The van der Waals surface area contributed by atoms with Crippen LogP contribution in [0, 0.1) is 0 Å². The Kier molecular flexibility index (Phi) is 7.37. The number of hydrogen-bond donors (Lipinski definition) is 2. The Morgan fingerprint density at radius 3 is 2.61 bits per heavy atom. The minimum absolute atomic E-state index is 0.150. The molecule has 0 saturated carbocycles. The van der Waals surface area contributed by atoms with Crippen LogP contribution < -0.4 is 15.8 Å². The summed E-state index contributed by atoms with van der Waals surface area (Å²) >= 11 is 0. The van der Waals surface area contributed by atoms with Crippen LogP contribution in [0.5, 0.6) is 11.5 Å². The first-order valence-corrected chi connectivity index (χ1v) is 11.3. The minimum atomic E-state index is -0.500. The molecule has 1 aliphatic rings. The summed E-state index contributed by atoms with van der Waals surface area (Å²) in [7, 11) is 0. The van der Waals surface area contributed by atoms with E-state index in [1.807, 2.05) is 47.4 Å². The first kappa shape index (κ1) is 22.6. The Balaban J connectivity index is 1.41. The molecule has 6 heteroatoms. The van der Waals surface area contributed by atoms with Crippen molar-refractivity contribution in [2.45, 2.75) is 25.3 Å². The molecule has 0 aromatic heterocycles. The van der Waals surface area contributed by atoms with Crippen LogP contribution in [0.1, 0.15) is 27.9 Å². The molecule has 1 heterocycles. The summed E-state index contributed by atoms with van der Waals surface area (Å²) in [5.41, 5.74) is 7.95. The third-order valence-corrected chi connectivity index (χ3v) is 5.91. The molecule has 0 bridgehead atoms. The summed E-state index contributed by atoms with van der Waals surface area (Å²) < 4.78 is 6.04. The molecule has 2 amide bonds. The smallest absolute Gasteiger partial charge is 0.248 e. The molecular formula is C27H29N3O3. The average Bonchev–Trinajstić information content (AvgIpc) is 2.84. The number of carbonyl (C=O) groups is 2. The maximum absolute atomic E-state index is 13.2. The summed E-state index contributed by atoms with van der Waals surface area (Å²) in [4.78, 5) is 26.6. The molecule has 1 saturated heterocycles. The van der Waals surface area contributed by atoms with E-state index in [2.05, 4.69) is 17.4 Å². The van der Waals surface area contributed by atoms with Crippen molar-refractivity contribution in [3.05, 3.63) is 95.6 Å². The number of piperazine rings is 1. The Morgan fingerprint density at radius 2 is 1.79 bits per heavy atom. The van der Waals surface area contributed by atoms with Gasteiger partial charge in [-0.2, -0.15) is 0 Å². The highest BCUT2D eigenvalue weighted by atomic mass is 16.5. The summed E-state index contributed by atoms with van der Waals surface area (Å²) in [6.07, 6.45) is 1.83. The lowest BCUT2D eigenvalue weighted by Gasteiger charge is -2.36. The van der Waals surface area contributed by atoms with Crippen molar-refractivity contribution in [1.29, 1.82) is 0 Å². The molecule has 0 spiro atoms. The van der Waals surface area contributed by atoms with Gasteiger partial charge in [-0.15, -0.1) is 0 Å². The first-order chi connectivity index (χ1) is 16.1. The predicted octanol–water partition coefficient (Wildman–Crippen LogP) is 3.55. The monoisotopic (exact) mass is 443 g/mol. The summed E-state index contributed by atoms with van der Waals surface area (Å²) in [5.74, 6) is 0.867. The van der Waals surface area contributed by atoms with Gasteiger partial charge in [0.05, 0.1) is 0 Å². The van der Waals surface area contributed by atoms with Crippen LogP contribution in [0.15, 0.2) is 78.9 Å². The number of ether oxygens (including phenoxy) is 1. The molecule has 3 N–H and O–H groups in total. The normalized spacial score (nSPS) is 15.8. The van der Waals surface area contributed by atoms with E-state index >= 15 is 0 Å². The second-order valence-corrected chi connectivity index (χ2v) is 8.24. The van der Waals surface area contributed by atoms with Crippen LogP contribution in [0.3, 0.4) is 0 Å². The van der Waals surface area contributed by atoms with E-state index in [-0.39, 0.29) is 11.9 Å². The molecule has 1 aliphatic heterocycles. The van der Waals surface area contributed by atoms with Crippen molar-refractivity contribution in [1.82, 2.24) is 10.2 Å². The van der Waals surface area contributed by atoms with E-state index < -0.39 is 5.91 Å². The molecule has 1 atom stereocenters. The van der Waals surface area contributed by atoms with Crippen molar-refractivity contribution < 1.29 is 14.3 Å². The highest BCUT2D eigenvalue weighted by molar-refractivity contribution is 5.93. The average molecular weight is 444 g/mol. The van der Waals surface area contributed by atoms with E-state index in [1.165, 1.54) is 5.56 Å². The quantitative estimate of drug-likeness (QED) is 0.558. The maximum atomic E-state index is 13.2. The zero-order valence-corrected chi connectivity index (χ0v) is 18.6. The molecule has 4 rings (SSSR count). The van der Waals surface area contributed by atoms with Crippen LogP contribution in [-0.2, 0) is 17.6 Å². The van der Waals surface area contributed by atoms with Gasteiger partial charge in [0.25, 0.3) is 0 Å². The van der Waals surface area contributed by atoms with Gasteiger partial charge in [-0.3, -0.25) is 9.59 Å². The van der Waals surface area contributed by atoms with Crippen LogP contribution >= 0.6 is 0 Å². The Hall–Kier alpha value is -3.64. The van der Waals surface area contributed by atoms with Gasteiger partial charge in [0, 0.05) is 37.7 Å². The molecule has 6 nitrogen and oxygen atoms in total. The van der Waals surface area contributed by atoms with E-state index in [9.17, 15) is 9.59 Å². The fraction of sp³-hybridized carbons (Fsp3) is 0.259. The van der Waals surface area contributed by atoms with Crippen molar-refractivity contribution in [3.8, 4) is 11.5 Å². The second kappa shape index (κ2) is 10.8. The Morgan fingerprint density at radius 1 is 1.00 bits per heavy atom. The largest absolute Gasteiger partial charge is 0.457 e. The number of benzene rings is 3. The first-order valence-electron chi connectivity index (χ1n) is 11.3. The van der Waals surface area contributed by atoms with Gasteiger partial charge >= 0.3 is 0 Å². The van der Waals surface area contributed by atoms with Gasteiger partial charge in [-0.1, -0.05) is 54.6 Å². The molecule has 1 fully saturated rings. The van der Waals surface area contributed by atoms with Crippen molar-refractivity contribution in [3.63, 3.8) is 0 Å². The predicted molar refractivity (Wildman–Crippen MR) is 128 cm³/mol. The van der Waals surface area contributed by atoms with Crippen molar-refractivity contribution >= 4 is 11.8 Å². The van der Waals surface area contributed by atoms with E-state index in [1.54, 1.807) is 24.3 Å². The lowest BCUT2D eigenvalue weighted by Crippen LogP contribution is -2.54. The summed E-state index contributed by atoms with van der Waals surface area (Å²) in [5, 5.41) is 3.42. The van der Waals surface area contributed by atoms with Gasteiger partial charge in [-0.05, 0) is 48.2 Å². The minimum Gasteiger partial charge on any atom is -0.457 e. The van der Waals surface area contributed by atoms with E-state index in [4.69, 9.17) is 10.5 Å². The molecular weight excluding hydrogens is 414 g/mol. The number of nitrogens with two attached hydrogens (primary N) is 1. The summed E-state index contributed by atoms with van der Waals surface area (Å²) in [6, 6.07) is 24.9. The SMILES string of the molecule is NC(=O)c1cccc(Oc2ccccc2CCC(=O)N2CCNCC2Cc2ccccc2)c1. The Labute approximate surface area is 194 Å². The molecule has 1 unspecified atom stereocenters. The number of amides is 2. The van der Waals surface area contributed by atoms with Crippen molar-refractivity contribution in [2.75, 3.05) is 19.6 Å². The van der Waals surface area contributed by atoms with Gasteiger partial charge < -0.3 is 20.7 Å². The number of primary amides is 1. The lowest BCUT2D eigenvalue weighted by molar-refractivity contribution is -0.134. The number of nitrogens with one attached hydrogen (secondary N) is 1. The topological polar surface area (TPSA) is 84.7 Å². The molecule has 0 radical (unpaired) electrons. The fourth-order valence-electron chi connectivity index (χ4n) is 4.19. The standard InChI is InChI=1S/C27H29N3O3/c28-27(32)22-10-6-11-24(18-22)33-25-12-5-4-9-21(25)13-14-26(31)30-16-15-29-19-23(30)17-20-7-2-1-3-8-20/h1-12,18,23,29H,13-17,19H2,(H2,28,32). The van der Waals surface area contributed by atoms with Crippen LogP contribution in [-0.4, -0.2) is 42.4 Å².